The Hall–Kier alpha value is -1.76. The van der Waals surface area contributed by atoms with Gasteiger partial charge in [0, 0.05) is 10.9 Å². The molecule has 0 aliphatic carbocycles. The summed E-state index contributed by atoms with van der Waals surface area (Å²) in [6.45, 7) is 4.50. The van der Waals surface area contributed by atoms with E-state index in [1.54, 1.807) is 16.2 Å². The quantitative estimate of drug-likeness (QED) is 0.889. The van der Waals surface area contributed by atoms with E-state index in [4.69, 9.17) is 0 Å². The van der Waals surface area contributed by atoms with Crippen LogP contribution in [-0.2, 0) is 6.54 Å². The molecule has 0 spiro atoms. The van der Waals surface area contributed by atoms with E-state index >= 15 is 0 Å². The molecule has 2 rings (SSSR count). The Bertz CT molecular complexity index is 465. The zero-order valence-electron chi connectivity index (χ0n) is 9.62. The van der Waals surface area contributed by atoms with Gasteiger partial charge < -0.3 is 4.90 Å². The summed E-state index contributed by atoms with van der Waals surface area (Å²) in [4.78, 5) is 15.0. The molecule has 6 nitrogen and oxygen atoms in total. The molecule has 0 saturated heterocycles. The number of rotatable bonds is 4. The van der Waals surface area contributed by atoms with Crippen LogP contribution < -0.4 is 0 Å². The summed E-state index contributed by atoms with van der Waals surface area (Å²) < 4.78 is 0. The van der Waals surface area contributed by atoms with Gasteiger partial charge in [-0.25, -0.2) is 0 Å². The van der Waals surface area contributed by atoms with Crippen LogP contribution in [0, 0.1) is 0 Å². The molecule has 2 aromatic heterocycles. The molecule has 2 heterocycles. The van der Waals surface area contributed by atoms with E-state index in [-0.39, 0.29) is 17.8 Å². The summed E-state index contributed by atoms with van der Waals surface area (Å²) in [6, 6.07) is 4.06. The van der Waals surface area contributed by atoms with Gasteiger partial charge in [0.15, 0.2) is 0 Å². The molecule has 2 aromatic rings. The van der Waals surface area contributed by atoms with Crippen molar-refractivity contribution in [1.82, 2.24) is 25.5 Å². The second kappa shape index (κ2) is 5.05. The summed E-state index contributed by atoms with van der Waals surface area (Å²) in [5, 5.41) is 15.1. The number of carbonyl (C=O) groups is 1. The van der Waals surface area contributed by atoms with Crippen LogP contribution in [0.2, 0.25) is 0 Å². The minimum atomic E-state index is -0.206. The molecular weight excluding hydrogens is 238 g/mol. The molecule has 1 N–H and O–H groups in total. The van der Waals surface area contributed by atoms with Gasteiger partial charge in [0.2, 0.25) is 0 Å². The number of hydrogen-bond acceptors (Lipinski definition) is 5. The lowest BCUT2D eigenvalue weighted by Crippen LogP contribution is -2.36. The van der Waals surface area contributed by atoms with E-state index < -0.39 is 0 Å². The van der Waals surface area contributed by atoms with Gasteiger partial charge in [0.25, 0.3) is 11.7 Å². The van der Waals surface area contributed by atoms with Crippen LogP contribution in [0.25, 0.3) is 0 Å². The summed E-state index contributed by atoms with van der Waals surface area (Å²) in [7, 11) is 0. The average Bonchev–Trinajstić information content (AvgIpc) is 2.97. The molecule has 90 valence electrons. The molecule has 0 fully saturated rings. The van der Waals surface area contributed by atoms with Crippen LogP contribution in [0.15, 0.2) is 17.5 Å². The fourth-order valence-electron chi connectivity index (χ4n) is 1.44. The lowest BCUT2D eigenvalue weighted by molar-refractivity contribution is 0.0680. The van der Waals surface area contributed by atoms with Crippen molar-refractivity contribution in [3.8, 4) is 0 Å². The number of carbonyl (C=O) groups excluding carboxylic acids is 1. The van der Waals surface area contributed by atoms with E-state index in [9.17, 15) is 4.79 Å². The number of aromatic nitrogens is 4. The maximum Gasteiger partial charge on any atom is 0.296 e. The van der Waals surface area contributed by atoms with Gasteiger partial charge in [0.1, 0.15) is 0 Å². The largest absolute Gasteiger partial charge is 0.328 e. The number of nitrogens with zero attached hydrogens (tertiary/aromatic N) is 4. The third-order valence-electron chi connectivity index (χ3n) is 2.33. The fourth-order valence-corrected chi connectivity index (χ4v) is 2.14. The molecule has 1 amide bonds. The van der Waals surface area contributed by atoms with Crippen LogP contribution in [-0.4, -0.2) is 37.5 Å². The summed E-state index contributed by atoms with van der Waals surface area (Å²) in [5.41, 5.74) is 0. The third kappa shape index (κ3) is 2.68. The Balaban J connectivity index is 2.15. The SMILES string of the molecule is CC(C)N(Cc1cccs1)C(=O)c1nn[nH]n1. The topological polar surface area (TPSA) is 74.8 Å². The Kier molecular flexibility index (Phi) is 3.48. The molecular formula is C10H13N5OS. The molecule has 0 aliphatic rings. The maximum absolute atomic E-state index is 12.1. The van der Waals surface area contributed by atoms with Crippen molar-refractivity contribution in [2.45, 2.75) is 26.4 Å². The van der Waals surface area contributed by atoms with Gasteiger partial charge in [0.05, 0.1) is 6.54 Å². The molecule has 0 aromatic carbocycles. The third-order valence-corrected chi connectivity index (χ3v) is 3.19. The Morgan fingerprint density at radius 1 is 1.59 bits per heavy atom. The number of thiophene rings is 1. The van der Waals surface area contributed by atoms with Crippen molar-refractivity contribution in [3.63, 3.8) is 0 Å². The number of nitrogens with one attached hydrogen (secondary N) is 1. The van der Waals surface area contributed by atoms with Gasteiger partial charge in [-0.3, -0.25) is 4.79 Å². The molecule has 17 heavy (non-hydrogen) atoms. The van der Waals surface area contributed by atoms with Gasteiger partial charge in [-0.15, -0.1) is 21.5 Å². The molecule has 0 atom stereocenters. The maximum atomic E-state index is 12.1. The lowest BCUT2D eigenvalue weighted by Gasteiger charge is -2.24. The molecule has 0 saturated carbocycles. The second-order valence-corrected chi connectivity index (χ2v) is 4.87. The number of tetrazole rings is 1. The smallest absolute Gasteiger partial charge is 0.296 e. The van der Waals surface area contributed by atoms with Crippen molar-refractivity contribution in [2.24, 2.45) is 0 Å². The van der Waals surface area contributed by atoms with Crippen molar-refractivity contribution >= 4 is 17.2 Å². The lowest BCUT2D eigenvalue weighted by atomic mass is 10.3. The zero-order chi connectivity index (χ0) is 12.3. The van der Waals surface area contributed by atoms with Crippen LogP contribution in [0.5, 0.6) is 0 Å². The zero-order valence-corrected chi connectivity index (χ0v) is 10.4. The van der Waals surface area contributed by atoms with E-state index in [1.165, 1.54) is 0 Å². The first-order valence-electron chi connectivity index (χ1n) is 5.25. The first-order chi connectivity index (χ1) is 8.18. The van der Waals surface area contributed by atoms with E-state index in [0.29, 0.717) is 6.54 Å². The minimum Gasteiger partial charge on any atom is -0.328 e. The van der Waals surface area contributed by atoms with Crippen molar-refractivity contribution < 1.29 is 4.79 Å². The highest BCUT2D eigenvalue weighted by molar-refractivity contribution is 7.09. The summed E-state index contributed by atoms with van der Waals surface area (Å²) in [6.07, 6.45) is 0. The number of aromatic amines is 1. The Morgan fingerprint density at radius 2 is 2.41 bits per heavy atom. The summed E-state index contributed by atoms with van der Waals surface area (Å²) in [5.74, 6) is -0.0996. The minimum absolute atomic E-state index is 0.0862. The highest BCUT2D eigenvalue weighted by Gasteiger charge is 2.22. The monoisotopic (exact) mass is 251 g/mol. The highest BCUT2D eigenvalue weighted by Crippen LogP contribution is 2.15. The van der Waals surface area contributed by atoms with E-state index in [1.807, 2.05) is 31.4 Å². The van der Waals surface area contributed by atoms with Crippen LogP contribution in [0.4, 0.5) is 0 Å². The first kappa shape index (κ1) is 11.7. The molecule has 0 aliphatic heterocycles. The molecule has 0 bridgehead atoms. The number of amides is 1. The van der Waals surface area contributed by atoms with Crippen molar-refractivity contribution in [2.75, 3.05) is 0 Å². The molecule has 0 unspecified atom stereocenters. The van der Waals surface area contributed by atoms with Gasteiger partial charge in [-0.05, 0) is 30.5 Å². The summed E-state index contributed by atoms with van der Waals surface area (Å²) >= 11 is 1.63. The molecule has 7 heteroatoms. The Labute approximate surface area is 103 Å². The predicted octanol–water partition coefficient (Wildman–Crippen LogP) is 1.31. The van der Waals surface area contributed by atoms with Crippen molar-refractivity contribution in [3.05, 3.63) is 28.2 Å². The normalized spacial score (nSPS) is 10.8. The van der Waals surface area contributed by atoms with Crippen LogP contribution in [0.3, 0.4) is 0 Å². The van der Waals surface area contributed by atoms with E-state index in [2.05, 4.69) is 20.6 Å². The van der Waals surface area contributed by atoms with E-state index in [0.717, 1.165) is 4.88 Å². The van der Waals surface area contributed by atoms with Crippen molar-refractivity contribution in [1.29, 1.82) is 0 Å². The predicted molar refractivity (Wildman–Crippen MR) is 63.5 cm³/mol. The number of hydrogen-bond donors (Lipinski definition) is 1. The van der Waals surface area contributed by atoms with Gasteiger partial charge in [-0.1, -0.05) is 6.07 Å². The van der Waals surface area contributed by atoms with Gasteiger partial charge in [-0.2, -0.15) is 5.21 Å². The fraction of sp³-hybridized carbons (Fsp3) is 0.400. The first-order valence-corrected chi connectivity index (χ1v) is 6.13. The highest BCUT2D eigenvalue weighted by atomic mass is 32.1. The standard InChI is InChI=1S/C10H13N5OS/c1-7(2)15(6-8-4-3-5-17-8)10(16)9-11-13-14-12-9/h3-5,7H,6H2,1-2H3,(H,11,12,13,14). The average molecular weight is 251 g/mol. The second-order valence-electron chi connectivity index (χ2n) is 3.84. The van der Waals surface area contributed by atoms with Gasteiger partial charge >= 0.3 is 0 Å². The number of H-pyrrole nitrogens is 1. The van der Waals surface area contributed by atoms with Crippen LogP contribution in [0.1, 0.15) is 29.3 Å². The molecule has 0 radical (unpaired) electrons. The van der Waals surface area contributed by atoms with Crippen LogP contribution >= 0.6 is 11.3 Å². The Morgan fingerprint density at radius 3 is 2.94 bits per heavy atom.